The van der Waals surface area contributed by atoms with Crippen LogP contribution in [0.5, 0.6) is 0 Å². The smallest absolute Gasteiger partial charge is 0.226 e. The second-order valence-corrected chi connectivity index (χ2v) is 7.02. The molecular formula is C22H30IN5O2. The number of rotatable bonds is 8. The van der Waals surface area contributed by atoms with Gasteiger partial charge in [0.25, 0.3) is 0 Å². The highest BCUT2D eigenvalue weighted by molar-refractivity contribution is 14.0. The third-order valence-electron chi connectivity index (χ3n) is 4.92. The van der Waals surface area contributed by atoms with Crippen LogP contribution < -0.4 is 10.6 Å². The molecule has 162 valence electrons. The van der Waals surface area contributed by atoms with Gasteiger partial charge in [0.2, 0.25) is 5.89 Å². The van der Waals surface area contributed by atoms with Crippen LogP contribution in [0.2, 0.25) is 0 Å². The molecule has 8 heteroatoms. The molecule has 3 aromatic rings. The molecule has 7 nitrogen and oxygen atoms in total. The first-order chi connectivity index (χ1) is 14.1. The van der Waals surface area contributed by atoms with E-state index in [4.69, 9.17) is 8.94 Å². The maximum atomic E-state index is 5.60. The first-order valence-corrected chi connectivity index (χ1v) is 10.0. The monoisotopic (exact) mass is 523 g/mol. The fraction of sp³-hybridized carbons (Fsp3) is 0.409. The van der Waals surface area contributed by atoms with Crippen molar-refractivity contribution in [2.75, 3.05) is 7.05 Å². The zero-order valence-electron chi connectivity index (χ0n) is 17.9. The second kappa shape index (κ2) is 11.7. The lowest BCUT2D eigenvalue weighted by Crippen LogP contribution is -2.36. The first kappa shape index (κ1) is 23.9. The van der Waals surface area contributed by atoms with Crippen molar-refractivity contribution in [2.24, 2.45) is 4.99 Å². The van der Waals surface area contributed by atoms with Gasteiger partial charge in [-0.05, 0) is 31.9 Å². The van der Waals surface area contributed by atoms with Crippen LogP contribution in [0, 0.1) is 6.92 Å². The van der Waals surface area contributed by atoms with Gasteiger partial charge in [-0.3, -0.25) is 4.99 Å². The number of benzene rings is 1. The Bertz CT molecular complexity index is 929. The minimum absolute atomic E-state index is 0. The number of hydrogen-bond acceptors (Lipinski definition) is 5. The molecule has 0 saturated carbocycles. The summed E-state index contributed by atoms with van der Waals surface area (Å²) in [5, 5.41) is 10.7. The van der Waals surface area contributed by atoms with Crippen LogP contribution in [0.25, 0.3) is 11.5 Å². The average Bonchev–Trinajstić information content (AvgIpc) is 3.40. The summed E-state index contributed by atoms with van der Waals surface area (Å²) in [6.45, 7) is 7.41. The van der Waals surface area contributed by atoms with Gasteiger partial charge in [0.1, 0.15) is 6.26 Å². The molecule has 30 heavy (non-hydrogen) atoms. The number of nitrogens with one attached hydrogen (secondary N) is 2. The molecule has 0 radical (unpaired) electrons. The third kappa shape index (κ3) is 6.32. The van der Waals surface area contributed by atoms with E-state index in [9.17, 15) is 0 Å². The zero-order chi connectivity index (χ0) is 20.6. The van der Waals surface area contributed by atoms with Gasteiger partial charge in [0.15, 0.2) is 11.7 Å². The molecule has 0 spiro atoms. The molecule has 0 fully saturated rings. The molecule has 0 aliphatic heterocycles. The highest BCUT2D eigenvalue weighted by atomic mass is 127. The predicted octanol–water partition coefficient (Wildman–Crippen LogP) is 5.02. The van der Waals surface area contributed by atoms with Gasteiger partial charge in [-0.1, -0.05) is 36.7 Å². The van der Waals surface area contributed by atoms with Gasteiger partial charge < -0.3 is 19.6 Å². The molecule has 1 aromatic carbocycles. The van der Waals surface area contributed by atoms with Crippen LogP contribution in [-0.4, -0.2) is 23.1 Å². The molecule has 2 N–H and O–H groups in total. The van der Waals surface area contributed by atoms with Gasteiger partial charge >= 0.3 is 0 Å². The van der Waals surface area contributed by atoms with Crippen molar-refractivity contribution in [3.63, 3.8) is 0 Å². The summed E-state index contributed by atoms with van der Waals surface area (Å²) in [7, 11) is 1.73. The van der Waals surface area contributed by atoms with E-state index in [0.717, 1.165) is 35.6 Å². The van der Waals surface area contributed by atoms with E-state index in [-0.39, 0.29) is 24.0 Å². The van der Waals surface area contributed by atoms with Crippen LogP contribution in [0.4, 0.5) is 0 Å². The molecule has 0 amide bonds. The van der Waals surface area contributed by atoms with Crippen LogP contribution in [0.1, 0.15) is 55.3 Å². The summed E-state index contributed by atoms with van der Waals surface area (Å²) in [4.78, 5) is 8.78. The van der Waals surface area contributed by atoms with Crippen molar-refractivity contribution < 1.29 is 8.94 Å². The van der Waals surface area contributed by atoms with Gasteiger partial charge in [-0.15, -0.1) is 24.0 Å². The van der Waals surface area contributed by atoms with Crippen LogP contribution in [0.15, 0.2) is 50.5 Å². The topological polar surface area (TPSA) is 88.5 Å². The lowest BCUT2D eigenvalue weighted by atomic mass is 9.99. The SMILES string of the molecule is CCC(CC)c1cc(CNC(=NC)NCc2coc(-c3ccc(C)cc3)n2)on1.I. The Labute approximate surface area is 194 Å². The lowest BCUT2D eigenvalue weighted by molar-refractivity contribution is 0.368. The molecule has 0 unspecified atom stereocenters. The summed E-state index contributed by atoms with van der Waals surface area (Å²) in [6.07, 6.45) is 3.77. The normalized spacial score (nSPS) is 11.4. The highest BCUT2D eigenvalue weighted by Gasteiger charge is 2.13. The summed E-state index contributed by atoms with van der Waals surface area (Å²) in [6, 6.07) is 10.1. The Morgan fingerprint density at radius 2 is 1.80 bits per heavy atom. The fourth-order valence-corrected chi connectivity index (χ4v) is 3.09. The molecule has 0 saturated heterocycles. The summed E-state index contributed by atoms with van der Waals surface area (Å²) in [5.74, 6) is 2.50. The number of oxazole rings is 1. The quantitative estimate of drug-likeness (QED) is 0.245. The van der Waals surface area contributed by atoms with Crippen LogP contribution >= 0.6 is 24.0 Å². The van der Waals surface area contributed by atoms with Gasteiger partial charge in [-0.2, -0.15) is 0 Å². The number of aromatic nitrogens is 2. The van der Waals surface area contributed by atoms with E-state index in [1.165, 1.54) is 5.56 Å². The number of guanidine groups is 1. The Kier molecular flexibility index (Phi) is 9.35. The molecule has 0 atom stereocenters. The maximum Gasteiger partial charge on any atom is 0.226 e. The van der Waals surface area contributed by atoms with Crippen molar-refractivity contribution >= 4 is 29.9 Å². The second-order valence-electron chi connectivity index (χ2n) is 7.02. The van der Waals surface area contributed by atoms with Crippen molar-refractivity contribution in [1.82, 2.24) is 20.8 Å². The van der Waals surface area contributed by atoms with Gasteiger partial charge in [0.05, 0.1) is 24.5 Å². The van der Waals surface area contributed by atoms with Crippen LogP contribution in [0.3, 0.4) is 0 Å². The van der Waals surface area contributed by atoms with Crippen molar-refractivity contribution in [3.05, 3.63) is 59.3 Å². The number of halogens is 1. The fourth-order valence-electron chi connectivity index (χ4n) is 3.09. The Morgan fingerprint density at radius 3 is 2.47 bits per heavy atom. The van der Waals surface area contributed by atoms with Crippen molar-refractivity contribution in [3.8, 4) is 11.5 Å². The minimum atomic E-state index is 0. The summed E-state index contributed by atoms with van der Waals surface area (Å²) < 4.78 is 11.0. The predicted molar refractivity (Wildman–Crippen MR) is 129 cm³/mol. The summed E-state index contributed by atoms with van der Waals surface area (Å²) >= 11 is 0. The van der Waals surface area contributed by atoms with E-state index in [0.29, 0.717) is 30.9 Å². The van der Waals surface area contributed by atoms with Gasteiger partial charge in [-0.25, -0.2) is 4.98 Å². The van der Waals surface area contributed by atoms with E-state index < -0.39 is 0 Å². The van der Waals surface area contributed by atoms with Crippen molar-refractivity contribution in [2.45, 2.75) is 52.6 Å². The minimum Gasteiger partial charge on any atom is -0.444 e. The zero-order valence-corrected chi connectivity index (χ0v) is 20.3. The van der Waals surface area contributed by atoms with E-state index in [2.05, 4.69) is 46.5 Å². The van der Waals surface area contributed by atoms with E-state index in [1.807, 2.05) is 30.3 Å². The highest BCUT2D eigenvalue weighted by Crippen LogP contribution is 2.22. The standard InChI is InChI=1S/C22H29N5O2.HI/c1-5-16(6-2)20-11-19(29-27-20)13-25-22(23-4)24-12-18-14-28-21(26-18)17-9-7-15(3)8-10-17;/h7-11,14,16H,5-6,12-13H2,1-4H3,(H2,23,24,25);1H. The average molecular weight is 523 g/mol. The van der Waals surface area contributed by atoms with E-state index in [1.54, 1.807) is 13.3 Å². The van der Waals surface area contributed by atoms with Gasteiger partial charge in [0, 0.05) is 24.6 Å². The molecule has 0 aliphatic carbocycles. The number of aryl methyl sites for hydroxylation is 1. The molecule has 0 bridgehead atoms. The maximum absolute atomic E-state index is 5.60. The Hall–Kier alpha value is -2.36. The Morgan fingerprint density at radius 1 is 1.10 bits per heavy atom. The van der Waals surface area contributed by atoms with E-state index >= 15 is 0 Å². The van der Waals surface area contributed by atoms with Crippen LogP contribution in [-0.2, 0) is 13.1 Å². The van der Waals surface area contributed by atoms with Crippen molar-refractivity contribution in [1.29, 1.82) is 0 Å². The number of hydrogen-bond donors (Lipinski definition) is 2. The molecule has 3 rings (SSSR count). The Balaban J connectivity index is 0.00000320. The molecular weight excluding hydrogens is 493 g/mol. The molecule has 2 aromatic heterocycles. The third-order valence-corrected chi connectivity index (χ3v) is 4.92. The summed E-state index contributed by atoms with van der Waals surface area (Å²) in [5.41, 5.74) is 3.99. The number of nitrogens with zero attached hydrogens (tertiary/aromatic N) is 3. The first-order valence-electron chi connectivity index (χ1n) is 10.0. The molecule has 2 heterocycles. The largest absolute Gasteiger partial charge is 0.444 e. The lowest BCUT2D eigenvalue weighted by Gasteiger charge is -2.09. The molecule has 0 aliphatic rings. The number of aliphatic imine (C=N–C) groups is 1.